The van der Waals surface area contributed by atoms with Crippen molar-refractivity contribution in [3.8, 4) is 6.07 Å². The van der Waals surface area contributed by atoms with Crippen LogP contribution in [0.2, 0.25) is 0 Å². The predicted molar refractivity (Wildman–Crippen MR) is 140 cm³/mol. The highest BCUT2D eigenvalue weighted by atomic mass is 32.2. The number of piperidine rings is 1. The number of nitriles is 1. The highest BCUT2D eigenvalue weighted by Crippen LogP contribution is 2.37. The van der Waals surface area contributed by atoms with Crippen molar-refractivity contribution in [1.29, 1.82) is 5.26 Å². The molecule has 0 saturated carbocycles. The molecule has 36 heavy (non-hydrogen) atoms. The van der Waals surface area contributed by atoms with E-state index < -0.39 is 10.0 Å². The lowest BCUT2D eigenvalue weighted by Crippen LogP contribution is -2.35. The van der Waals surface area contributed by atoms with Crippen molar-refractivity contribution in [3.63, 3.8) is 0 Å². The Hall–Kier alpha value is -3.03. The number of thiophene rings is 1. The van der Waals surface area contributed by atoms with Crippen LogP contribution in [0.25, 0.3) is 0 Å². The average molecular weight is 521 g/mol. The first-order chi connectivity index (χ1) is 17.5. The Morgan fingerprint density at radius 1 is 1.00 bits per heavy atom. The minimum absolute atomic E-state index is 0.198. The van der Waals surface area contributed by atoms with Crippen LogP contribution in [0.15, 0.2) is 59.5 Å². The van der Waals surface area contributed by atoms with E-state index in [0.29, 0.717) is 29.2 Å². The summed E-state index contributed by atoms with van der Waals surface area (Å²) in [7, 11) is -3.55. The highest BCUT2D eigenvalue weighted by Gasteiger charge is 2.27. The van der Waals surface area contributed by atoms with Gasteiger partial charge in [0.15, 0.2) is 0 Å². The topological polar surface area (TPSA) is 93.5 Å². The van der Waals surface area contributed by atoms with Crippen LogP contribution in [0.1, 0.15) is 51.2 Å². The minimum Gasteiger partial charge on any atom is -0.312 e. The Labute approximate surface area is 216 Å². The molecular formula is C27H28N4O3S2. The van der Waals surface area contributed by atoms with Gasteiger partial charge in [0.25, 0.3) is 5.91 Å². The van der Waals surface area contributed by atoms with Gasteiger partial charge in [0, 0.05) is 43.2 Å². The fourth-order valence-electron chi connectivity index (χ4n) is 4.85. The molecule has 3 heterocycles. The molecule has 2 aliphatic rings. The van der Waals surface area contributed by atoms with Gasteiger partial charge in [-0.15, -0.1) is 11.3 Å². The van der Waals surface area contributed by atoms with Gasteiger partial charge in [0.05, 0.1) is 10.5 Å². The summed E-state index contributed by atoms with van der Waals surface area (Å²) in [5.41, 5.74) is 3.16. The number of nitrogens with zero attached hydrogens (tertiary/aromatic N) is 3. The van der Waals surface area contributed by atoms with Gasteiger partial charge >= 0.3 is 0 Å². The molecule has 2 aromatic carbocycles. The number of sulfonamides is 1. The highest BCUT2D eigenvalue weighted by molar-refractivity contribution is 7.89. The number of hydrogen-bond acceptors (Lipinski definition) is 6. The number of rotatable bonds is 6. The van der Waals surface area contributed by atoms with Crippen LogP contribution in [-0.2, 0) is 29.5 Å². The summed E-state index contributed by atoms with van der Waals surface area (Å²) in [6.45, 7) is 3.51. The average Bonchev–Trinajstić information content (AvgIpc) is 3.25. The van der Waals surface area contributed by atoms with Crippen LogP contribution in [-0.4, -0.2) is 43.2 Å². The van der Waals surface area contributed by atoms with Crippen molar-refractivity contribution in [3.05, 3.63) is 81.7 Å². The summed E-state index contributed by atoms with van der Waals surface area (Å²) < 4.78 is 27.3. The van der Waals surface area contributed by atoms with Crippen LogP contribution in [0.4, 0.5) is 5.00 Å². The predicted octanol–water partition coefficient (Wildman–Crippen LogP) is 4.60. The normalized spacial score (nSPS) is 16.8. The second kappa shape index (κ2) is 10.5. The summed E-state index contributed by atoms with van der Waals surface area (Å²) in [5, 5.41) is 13.3. The molecule has 1 N–H and O–H groups in total. The maximum absolute atomic E-state index is 13.0. The van der Waals surface area contributed by atoms with Gasteiger partial charge in [-0.05, 0) is 54.7 Å². The molecule has 1 amide bonds. The van der Waals surface area contributed by atoms with Gasteiger partial charge in [0.1, 0.15) is 11.1 Å². The molecule has 1 fully saturated rings. The monoisotopic (exact) mass is 520 g/mol. The quantitative estimate of drug-likeness (QED) is 0.513. The zero-order valence-electron chi connectivity index (χ0n) is 19.9. The zero-order valence-corrected chi connectivity index (χ0v) is 21.6. The van der Waals surface area contributed by atoms with E-state index in [1.165, 1.54) is 45.5 Å². The second-order valence-corrected chi connectivity index (χ2v) is 12.3. The van der Waals surface area contributed by atoms with Gasteiger partial charge in [0.2, 0.25) is 10.0 Å². The summed E-state index contributed by atoms with van der Waals surface area (Å²) in [5.74, 6) is -0.354. The third kappa shape index (κ3) is 5.08. The van der Waals surface area contributed by atoms with Crippen molar-refractivity contribution in [2.24, 2.45) is 0 Å². The van der Waals surface area contributed by atoms with E-state index in [9.17, 15) is 18.5 Å². The Kier molecular flexibility index (Phi) is 7.21. The molecule has 1 saturated heterocycles. The molecule has 3 aromatic rings. The van der Waals surface area contributed by atoms with Crippen molar-refractivity contribution in [2.75, 3.05) is 25.0 Å². The molecule has 186 valence electrons. The summed E-state index contributed by atoms with van der Waals surface area (Å²) in [4.78, 5) is 16.6. The molecule has 9 heteroatoms. The molecule has 7 nitrogen and oxygen atoms in total. The molecule has 0 aliphatic carbocycles. The molecule has 0 atom stereocenters. The van der Waals surface area contributed by atoms with Crippen LogP contribution < -0.4 is 5.32 Å². The second-order valence-electron chi connectivity index (χ2n) is 9.21. The number of amides is 1. The van der Waals surface area contributed by atoms with Gasteiger partial charge in [-0.1, -0.05) is 36.8 Å². The van der Waals surface area contributed by atoms with E-state index in [4.69, 9.17) is 0 Å². The largest absolute Gasteiger partial charge is 0.312 e. The van der Waals surface area contributed by atoms with E-state index in [2.05, 4.69) is 28.4 Å². The van der Waals surface area contributed by atoms with E-state index >= 15 is 0 Å². The van der Waals surface area contributed by atoms with Crippen molar-refractivity contribution in [1.82, 2.24) is 9.21 Å². The van der Waals surface area contributed by atoms with Crippen molar-refractivity contribution in [2.45, 2.75) is 43.7 Å². The maximum atomic E-state index is 13.0. The van der Waals surface area contributed by atoms with Gasteiger partial charge in [-0.3, -0.25) is 9.69 Å². The smallest absolute Gasteiger partial charge is 0.256 e. The Morgan fingerprint density at radius 2 is 1.72 bits per heavy atom. The maximum Gasteiger partial charge on any atom is 0.256 e. The number of nitrogens with one attached hydrogen (secondary N) is 1. The van der Waals surface area contributed by atoms with Gasteiger partial charge in [-0.2, -0.15) is 9.57 Å². The standard InChI is InChI=1S/C27H28N4O3S2/c28-17-24-23-13-16-30(18-20-7-3-1-4-8-20)19-25(23)35-27(24)29-26(32)21-9-11-22(12-10-21)36(33,34)31-14-5-2-6-15-31/h1,3-4,7-12H,2,5-6,13-16,18-19H2,(H,29,32). The first kappa shape index (κ1) is 24.7. The number of hydrogen-bond donors (Lipinski definition) is 1. The Bertz CT molecular complexity index is 1390. The number of carbonyl (C=O) groups is 1. The Balaban J connectivity index is 1.29. The molecule has 0 bridgehead atoms. The van der Waals surface area contributed by atoms with Crippen LogP contribution >= 0.6 is 11.3 Å². The van der Waals surface area contributed by atoms with Crippen LogP contribution in [0.3, 0.4) is 0 Å². The third-order valence-electron chi connectivity index (χ3n) is 6.79. The summed E-state index contributed by atoms with van der Waals surface area (Å²) in [6.07, 6.45) is 3.55. The SMILES string of the molecule is N#Cc1c(NC(=O)c2ccc(S(=O)(=O)N3CCCCC3)cc2)sc2c1CCN(Cc1ccccc1)C2. The lowest BCUT2D eigenvalue weighted by molar-refractivity contribution is 0.102. The lowest BCUT2D eigenvalue weighted by atomic mass is 10.0. The fourth-order valence-corrected chi connectivity index (χ4v) is 7.60. The van der Waals surface area contributed by atoms with Crippen molar-refractivity contribution >= 4 is 32.3 Å². The number of anilines is 1. The third-order valence-corrected chi connectivity index (χ3v) is 9.84. The molecule has 0 radical (unpaired) electrons. The van der Waals surface area contributed by atoms with E-state index in [0.717, 1.165) is 55.8 Å². The molecule has 5 rings (SSSR count). The van der Waals surface area contributed by atoms with Crippen LogP contribution in [0.5, 0.6) is 0 Å². The molecule has 0 unspecified atom stereocenters. The summed E-state index contributed by atoms with van der Waals surface area (Å²) >= 11 is 1.45. The number of fused-ring (bicyclic) bond motifs is 1. The summed E-state index contributed by atoms with van der Waals surface area (Å²) in [6, 6.07) is 18.6. The minimum atomic E-state index is -3.55. The van der Waals surface area contributed by atoms with Gasteiger partial charge < -0.3 is 5.32 Å². The Morgan fingerprint density at radius 3 is 2.42 bits per heavy atom. The van der Waals surface area contributed by atoms with Crippen molar-refractivity contribution < 1.29 is 13.2 Å². The molecular weight excluding hydrogens is 492 g/mol. The molecule has 2 aliphatic heterocycles. The lowest BCUT2D eigenvalue weighted by Gasteiger charge is -2.26. The first-order valence-electron chi connectivity index (χ1n) is 12.2. The van der Waals surface area contributed by atoms with E-state index in [-0.39, 0.29) is 10.8 Å². The number of benzene rings is 2. The first-order valence-corrected chi connectivity index (χ1v) is 14.4. The zero-order chi connectivity index (χ0) is 25.1. The molecule has 1 aromatic heterocycles. The van der Waals surface area contributed by atoms with E-state index in [1.807, 2.05) is 18.2 Å². The number of carbonyl (C=O) groups excluding carboxylic acids is 1. The fraction of sp³-hybridized carbons (Fsp3) is 0.333. The molecule has 0 spiro atoms. The van der Waals surface area contributed by atoms with Gasteiger partial charge in [-0.25, -0.2) is 8.42 Å². The van der Waals surface area contributed by atoms with Crippen LogP contribution in [0, 0.1) is 11.3 Å². The van der Waals surface area contributed by atoms with E-state index in [1.54, 1.807) is 0 Å².